The van der Waals surface area contributed by atoms with E-state index in [4.69, 9.17) is 0 Å². The summed E-state index contributed by atoms with van der Waals surface area (Å²) in [5, 5.41) is 4.57. The molecule has 0 amide bonds. The molecule has 0 fully saturated rings. The first-order valence-electron chi connectivity index (χ1n) is 8.94. The number of nitrogens with zero attached hydrogens (tertiary/aromatic N) is 2. The number of hydrogen-bond acceptors (Lipinski definition) is 3. The van der Waals surface area contributed by atoms with Gasteiger partial charge >= 0.3 is 0 Å². The van der Waals surface area contributed by atoms with E-state index in [1.807, 2.05) is 55.5 Å². The number of halogens is 1. The minimum Gasteiger partial charge on any atom is -0.200 e. The van der Waals surface area contributed by atoms with Gasteiger partial charge in [-0.1, -0.05) is 76.1 Å². The molecule has 0 saturated heterocycles. The fraction of sp³-hybridized carbons (Fsp3) is 0.136. The van der Waals surface area contributed by atoms with Crippen molar-refractivity contribution in [3.8, 4) is 0 Å². The van der Waals surface area contributed by atoms with E-state index in [9.17, 15) is 8.42 Å². The number of hydrazone groups is 1. The zero-order valence-corrected chi connectivity index (χ0v) is 17.7. The molecule has 0 spiro atoms. The Morgan fingerprint density at radius 1 is 0.929 bits per heavy atom. The van der Waals surface area contributed by atoms with E-state index >= 15 is 0 Å². The second kappa shape index (κ2) is 7.53. The summed E-state index contributed by atoms with van der Waals surface area (Å²) in [6, 6.07) is 23.8. The molecule has 1 aliphatic rings. The van der Waals surface area contributed by atoms with Crippen molar-refractivity contribution >= 4 is 31.7 Å². The maximum absolute atomic E-state index is 13.3. The maximum atomic E-state index is 13.3. The topological polar surface area (TPSA) is 49.7 Å². The van der Waals surface area contributed by atoms with Crippen LogP contribution in [-0.4, -0.2) is 18.5 Å². The Bertz CT molecular complexity index is 1110. The molecular weight excluding hydrogens is 436 g/mol. The second-order valence-electron chi connectivity index (χ2n) is 6.77. The number of sulfonamides is 1. The molecule has 4 rings (SSSR count). The first kappa shape index (κ1) is 18.9. The van der Waals surface area contributed by atoms with Crippen LogP contribution in [-0.2, 0) is 10.0 Å². The number of aryl methyl sites for hydroxylation is 1. The Morgan fingerprint density at radius 2 is 1.57 bits per heavy atom. The molecule has 1 aliphatic heterocycles. The van der Waals surface area contributed by atoms with Crippen LogP contribution < -0.4 is 0 Å². The third kappa shape index (κ3) is 3.62. The Labute approximate surface area is 173 Å². The quantitative estimate of drug-likeness (QED) is 0.536. The molecule has 142 valence electrons. The second-order valence-corrected chi connectivity index (χ2v) is 9.49. The molecule has 3 aromatic rings. The summed E-state index contributed by atoms with van der Waals surface area (Å²) in [7, 11) is -3.76. The first-order chi connectivity index (χ1) is 13.4. The highest BCUT2D eigenvalue weighted by molar-refractivity contribution is 9.10. The van der Waals surface area contributed by atoms with Crippen LogP contribution in [0.2, 0.25) is 0 Å². The zero-order chi connectivity index (χ0) is 19.7. The predicted octanol–water partition coefficient (Wildman–Crippen LogP) is 5.30. The lowest BCUT2D eigenvalue weighted by molar-refractivity contribution is 0.371. The van der Waals surface area contributed by atoms with Gasteiger partial charge in [0.25, 0.3) is 10.0 Å². The van der Waals surface area contributed by atoms with Gasteiger partial charge in [0, 0.05) is 10.9 Å². The molecule has 3 aromatic carbocycles. The van der Waals surface area contributed by atoms with Crippen molar-refractivity contribution < 1.29 is 8.42 Å². The van der Waals surface area contributed by atoms with Crippen molar-refractivity contribution in [2.45, 2.75) is 24.3 Å². The number of benzene rings is 3. The van der Waals surface area contributed by atoms with Crippen LogP contribution in [0, 0.1) is 6.92 Å². The summed E-state index contributed by atoms with van der Waals surface area (Å²) < 4.78 is 28.9. The standard InChI is InChI=1S/C22H19BrN2O2S/c1-16-7-9-17(10-8-16)21-15-22(18-11-13-19(23)14-12-18)25(24-21)28(26,27)20-5-3-2-4-6-20/h2-14,22H,15H2,1H3. The molecule has 0 radical (unpaired) electrons. The van der Waals surface area contributed by atoms with Gasteiger partial charge in [-0.05, 0) is 42.3 Å². The van der Waals surface area contributed by atoms with Gasteiger partial charge in [-0.2, -0.15) is 17.9 Å². The molecule has 0 N–H and O–H groups in total. The van der Waals surface area contributed by atoms with Gasteiger partial charge in [-0.15, -0.1) is 0 Å². The number of rotatable bonds is 4. The van der Waals surface area contributed by atoms with E-state index in [1.54, 1.807) is 30.3 Å². The summed E-state index contributed by atoms with van der Waals surface area (Å²) in [6.07, 6.45) is 0.525. The van der Waals surface area contributed by atoms with Crippen molar-refractivity contribution in [1.82, 2.24) is 4.41 Å². The Hall–Kier alpha value is -2.44. The molecule has 6 heteroatoms. The average molecular weight is 455 g/mol. The van der Waals surface area contributed by atoms with E-state index < -0.39 is 10.0 Å². The van der Waals surface area contributed by atoms with Crippen LogP contribution in [0.1, 0.15) is 29.2 Å². The molecule has 1 atom stereocenters. The summed E-state index contributed by atoms with van der Waals surface area (Å²) in [5.41, 5.74) is 3.78. The maximum Gasteiger partial charge on any atom is 0.279 e. The third-order valence-electron chi connectivity index (χ3n) is 4.80. The zero-order valence-electron chi connectivity index (χ0n) is 15.3. The van der Waals surface area contributed by atoms with E-state index in [-0.39, 0.29) is 10.9 Å². The highest BCUT2D eigenvalue weighted by Gasteiger charge is 2.37. The summed E-state index contributed by atoms with van der Waals surface area (Å²) >= 11 is 3.44. The van der Waals surface area contributed by atoms with E-state index in [2.05, 4.69) is 21.0 Å². The van der Waals surface area contributed by atoms with Gasteiger partial charge in [0.05, 0.1) is 16.6 Å². The molecule has 0 saturated carbocycles. The van der Waals surface area contributed by atoms with Gasteiger partial charge in [0.15, 0.2) is 0 Å². The summed E-state index contributed by atoms with van der Waals surface area (Å²) in [6.45, 7) is 2.02. The van der Waals surface area contributed by atoms with Crippen LogP contribution in [0.5, 0.6) is 0 Å². The van der Waals surface area contributed by atoms with Crippen molar-refractivity contribution in [3.63, 3.8) is 0 Å². The van der Waals surface area contributed by atoms with Gasteiger partial charge in [-0.3, -0.25) is 0 Å². The largest absolute Gasteiger partial charge is 0.279 e. The Morgan fingerprint density at radius 3 is 2.21 bits per heavy atom. The summed E-state index contributed by atoms with van der Waals surface area (Å²) in [5.74, 6) is 0. The van der Waals surface area contributed by atoms with E-state index in [0.29, 0.717) is 6.42 Å². The highest BCUT2D eigenvalue weighted by Crippen LogP contribution is 2.37. The van der Waals surface area contributed by atoms with Gasteiger partial charge in [-0.25, -0.2) is 0 Å². The first-order valence-corrected chi connectivity index (χ1v) is 11.2. The van der Waals surface area contributed by atoms with Crippen LogP contribution in [0.4, 0.5) is 0 Å². The number of hydrogen-bond donors (Lipinski definition) is 0. The molecule has 1 unspecified atom stereocenters. The van der Waals surface area contributed by atoms with E-state index in [1.165, 1.54) is 4.41 Å². The SMILES string of the molecule is Cc1ccc(C2=NN(S(=O)(=O)c3ccccc3)C(c3ccc(Br)cc3)C2)cc1. The molecule has 4 nitrogen and oxygen atoms in total. The predicted molar refractivity (Wildman–Crippen MR) is 115 cm³/mol. The molecular formula is C22H19BrN2O2S. The molecule has 0 aromatic heterocycles. The van der Waals surface area contributed by atoms with Gasteiger partial charge in [0.2, 0.25) is 0 Å². The van der Waals surface area contributed by atoms with Crippen LogP contribution in [0.25, 0.3) is 0 Å². The molecule has 0 bridgehead atoms. The lowest BCUT2D eigenvalue weighted by Gasteiger charge is -2.23. The van der Waals surface area contributed by atoms with Crippen LogP contribution in [0.15, 0.2) is 93.3 Å². The monoisotopic (exact) mass is 454 g/mol. The van der Waals surface area contributed by atoms with Crippen molar-refractivity contribution in [2.75, 3.05) is 0 Å². The normalized spacial score (nSPS) is 16.9. The minimum absolute atomic E-state index is 0.242. The smallest absolute Gasteiger partial charge is 0.200 e. The average Bonchev–Trinajstić information content (AvgIpc) is 3.16. The van der Waals surface area contributed by atoms with Gasteiger partial charge in [0.1, 0.15) is 0 Å². The van der Waals surface area contributed by atoms with Gasteiger partial charge < -0.3 is 0 Å². The molecule has 0 aliphatic carbocycles. The minimum atomic E-state index is -3.76. The molecule has 28 heavy (non-hydrogen) atoms. The van der Waals surface area contributed by atoms with Crippen LogP contribution >= 0.6 is 15.9 Å². The lowest BCUT2D eigenvalue weighted by Crippen LogP contribution is -2.27. The fourth-order valence-electron chi connectivity index (χ4n) is 3.26. The molecule has 1 heterocycles. The Kier molecular flexibility index (Phi) is 5.08. The Balaban J connectivity index is 1.79. The van der Waals surface area contributed by atoms with E-state index in [0.717, 1.165) is 26.9 Å². The van der Waals surface area contributed by atoms with Crippen molar-refractivity contribution in [1.29, 1.82) is 0 Å². The highest BCUT2D eigenvalue weighted by atomic mass is 79.9. The third-order valence-corrected chi connectivity index (χ3v) is 7.02. The fourth-order valence-corrected chi connectivity index (χ4v) is 4.98. The van der Waals surface area contributed by atoms with Crippen molar-refractivity contribution in [2.24, 2.45) is 5.10 Å². The van der Waals surface area contributed by atoms with Crippen LogP contribution in [0.3, 0.4) is 0 Å². The summed E-state index contributed by atoms with van der Waals surface area (Å²) in [4.78, 5) is 0.242. The lowest BCUT2D eigenvalue weighted by atomic mass is 9.99. The van der Waals surface area contributed by atoms with Crippen molar-refractivity contribution in [3.05, 3.63) is 100 Å².